The highest BCUT2D eigenvalue weighted by Crippen LogP contribution is 2.28. The zero-order valence-electron chi connectivity index (χ0n) is 10.4. The second-order valence-corrected chi connectivity index (χ2v) is 6.90. The monoisotopic (exact) mass is 376 g/mol. The smallest absolute Gasteiger partial charge is 0.276 e. The van der Waals surface area contributed by atoms with E-state index in [1.807, 2.05) is 17.0 Å². The van der Waals surface area contributed by atoms with Gasteiger partial charge in [0, 0.05) is 36.2 Å². The van der Waals surface area contributed by atoms with Crippen LogP contribution in [0.1, 0.15) is 0 Å². The van der Waals surface area contributed by atoms with Crippen molar-refractivity contribution in [2.45, 2.75) is 3.79 Å². The maximum Gasteiger partial charge on any atom is 0.276 e. The van der Waals surface area contributed by atoms with Crippen molar-refractivity contribution in [3.8, 4) is 0 Å². The Bertz CT molecular complexity index is 426. The summed E-state index contributed by atoms with van der Waals surface area (Å²) in [5, 5.41) is 2.51. The number of benzene rings is 1. The number of hydrogen-bond donors (Lipinski definition) is 1. The summed E-state index contributed by atoms with van der Waals surface area (Å²) < 4.78 is -1.98. The molecular formula is C12H13Cl5N2O. The summed E-state index contributed by atoms with van der Waals surface area (Å²) in [5.74, 6) is 0.305. The third kappa shape index (κ3) is 5.74. The number of rotatable bonds is 6. The number of hydrogen-bond acceptors (Lipinski definition) is 2. The summed E-state index contributed by atoms with van der Waals surface area (Å²) >= 11 is 27.9. The van der Waals surface area contributed by atoms with E-state index in [0.717, 1.165) is 5.69 Å². The number of anilines is 2. The summed E-state index contributed by atoms with van der Waals surface area (Å²) in [7, 11) is 0. The van der Waals surface area contributed by atoms with E-state index in [9.17, 15) is 4.79 Å². The Morgan fingerprint density at radius 3 is 1.95 bits per heavy atom. The fourth-order valence-corrected chi connectivity index (χ4v) is 2.08. The van der Waals surface area contributed by atoms with E-state index in [1.54, 1.807) is 12.1 Å². The normalized spacial score (nSPS) is 11.2. The Morgan fingerprint density at radius 2 is 1.55 bits per heavy atom. The third-order valence-corrected chi connectivity index (χ3v) is 3.31. The van der Waals surface area contributed by atoms with Crippen molar-refractivity contribution in [1.29, 1.82) is 0 Å². The molecule has 0 radical (unpaired) electrons. The number of alkyl halides is 5. The molecule has 1 aromatic carbocycles. The van der Waals surface area contributed by atoms with Crippen LogP contribution in [0.15, 0.2) is 24.3 Å². The van der Waals surface area contributed by atoms with Crippen molar-refractivity contribution < 1.29 is 4.79 Å². The van der Waals surface area contributed by atoms with E-state index in [1.165, 1.54) is 0 Å². The van der Waals surface area contributed by atoms with Gasteiger partial charge < -0.3 is 10.2 Å². The molecule has 0 aromatic heterocycles. The van der Waals surface area contributed by atoms with Gasteiger partial charge in [0.1, 0.15) is 0 Å². The molecule has 0 atom stereocenters. The molecular weight excluding hydrogens is 365 g/mol. The first kappa shape index (κ1) is 18.0. The van der Waals surface area contributed by atoms with E-state index >= 15 is 0 Å². The summed E-state index contributed by atoms with van der Waals surface area (Å²) in [6.07, 6.45) is 0. The highest BCUT2D eigenvalue weighted by atomic mass is 35.6. The Hall–Kier alpha value is -0.0600. The zero-order valence-corrected chi connectivity index (χ0v) is 14.2. The molecule has 1 aromatic rings. The molecule has 0 fully saturated rings. The minimum atomic E-state index is -1.98. The first-order chi connectivity index (χ1) is 9.38. The Kier molecular flexibility index (Phi) is 7.56. The molecule has 1 N–H and O–H groups in total. The van der Waals surface area contributed by atoms with Gasteiger partial charge >= 0.3 is 0 Å². The van der Waals surface area contributed by atoms with Crippen LogP contribution in [0.25, 0.3) is 0 Å². The van der Waals surface area contributed by atoms with Crippen LogP contribution in [-0.2, 0) is 4.79 Å². The average molecular weight is 379 g/mol. The maximum absolute atomic E-state index is 11.5. The topological polar surface area (TPSA) is 32.3 Å². The first-order valence-electron chi connectivity index (χ1n) is 5.73. The Labute approximate surface area is 143 Å². The number of carbonyl (C=O) groups excluding carboxylic acids is 1. The molecule has 0 aliphatic rings. The Morgan fingerprint density at radius 1 is 1.05 bits per heavy atom. The van der Waals surface area contributed by atoms with Gasteiger partial charge in [-0.15, -0.1) is 23.2 Å². The van der Waals surface area contributed by atoms with Gasteiger partial charge in [-0.05, 0) is 24.3 Å². The Balaban J connectivity index is 2.75. The van der Waals surface area contributed by atoms with Crippen molar-refractivity contribution in [2.75, 3.05) is 35.1 Å². The van der Waals surface area contributed by atoms with Gasteiger partial charge in [-0.25, -0.2) is 0 Å². The standard InChI is InChI=1S/C12H13Cl5N2O/c13-5-7-19(8-6-14)10-3-1-9(2-4-10)18-11(20)12(15,16)17/h1-4H,5-8H2,(H,18,20). The van der Waals surface area contributed by atoms with Gasteiger partial charge in [-0.3, -0.25) is 4.79 Å². The van der Waals surface area contributed by atoms with E-state index in [0.29, 0.717) is 30.5 Å². The number of nitrogens with one attached hydrogen (secondary N) is 1. The number of nitrogens with zero attached hydrogens (tertiary/aromatic N) is 1. The number of carbonyl (C=O) groups is 1. The number of halogens is 5. The highest BCUT2D eigenvalue weighted by molar-refractivity contribution is 6.76. The summed E-state index contributed by atoms with van der Waals surface area (Å²) in [6, 6.07) is 7.12. The van der Waals surface area contributed by atoms with Gasteiger partial charge in [0.15, 0.2) is 0 Å². The molecule has 0 aliphatic carbocycles. The molecule has 0 saturated heterocycles. The SMILES string of the molecule is O=C(Nc1ccc(N(CCCl)CCCl)cc1)C(Cl)(Cl)Cl. The van der Waals surface area contributed by atoms with E-state index in [-0.39, 0.29) is 0 Å². The van der Waals surface area contributed by atoms with Crippen LogP contribution in [0, 0.1) is 0 Å². The van der Waals surface area contributed by atoms with Gasteiger partial charge in [0.25, 0.3) is 9.70 Å². The first-order valence-corrected chi connectivity index (χ1v) is 7.94. The van der Waals surface area contributed by atoms with Crippen LogP contribution in [0.5, 0.6) is 0 Å². The number of amides is 1. The lowest BCUT2D eigenvalue weighted by Gasteiger charge is -2.23. The molecule has 0 heterocycles. The van der Waals surface area contributed by atoms with Gasteiger partial charge in [0.05, 0.1) is 0 Å². The van der Waals surface area contributed by atoms with E-state index in [2.05, 4.69) is 5.32 Å². The molecule has 112 valence electrons. The maximum atomic E-state index is 11.5. The molecule has 3 nitrogen and oxygen atoms in total. The second-order valence-electron chi connectivity index (χ2n) is 3.86. The van der Waals surface area contributed by atoms with Crippen molar-refractivity contribution >= 4 is 75.3 Å². The average Bonchev–Trinajstić information content (AvgIpc) is 2.38. The van der Waals surface area contributed by atoms with Crippen LogP contribution in [0.3, 0.4) is 0 Å². The van der Waals surface area contributed by atoms with Crippen molar-refractivity contribution in [3.63, 3.8) is 0 Å². The van der Waals surface area contributed by atoms with E-state index < -0.39 is 9.70 Å². The quantitative estimate of drug-likeness (QED) is 0.750. The van der Waals surface area contributed by atoms with Crippen molar-refractivity contribution in [2.24, 2.45) is 0 Å². The molecule has 0 saturated carbocycles. The fraction of sp³-hybridized carbons (Fsp3) is 0.417. The zero-order chi connectivity index (χ0) is 15.2. The third-order valence-electron chi connectivity index (χ3n) is 2.46. The van der Waals surface area contributed by atoms with Crippen molar-refractivity contribution in [3.05, 3.63) is 24.3 Å². The van der Waals surface area contributed by atoms with E-state index in [4.69, 9.17) is 58.0 Å². The van der Waals surface area contributed by atoms with Gasteiger partial charge in [-0.1, -0.05) is 34.8 Å². The largest absolute Gasteiger partial charge is 0.369 e. The summed E-state index contributed by atoms with van der Waals surface area (Å²) in [4.78, 5) is 13.5. The predicted molar refractivity (Wildman–Crippen MR) is 89.0 cm³/mol. The van der Waals surface area contributed by atoms with Crippen molar-refractivity contribution in [1.82, 2.24) is 0 Å². The molecule has 1 amide bonds. The molecule has 1 rings (SSSR count). The molecule has 20 heavy (non-hydrogen) atoms. The minimum absolute atomic E-state index is 0.503. The van der Waals surface area contributed by atoms with Crippen LogP contribution < -0.4 is 10.2 Å². The lowest BCUT2D eigenvalue weighted by molar-refractivity contribution is -0.115. The summed E-state index contributed by atoms with van der Waals surface area (Å²) in [6.45, 7) is 1.38. The van der Waals surface area contributed by atoms with Gasteiger partial charge in [0.2, 0.25) is 0 Å². The lowest BCUT2D eigenvalue weighted by atomic mass is 10.2. The van der Waals surface area contributed by atoms with Crippen LogP contribution in [0.4, 0.5) is 11.4 Å². The minimum Gasteiger partial charge on any atom is -0.369 e. The predicted octanol–water partition coefficient (Wildman–Crippen LogP) is 4.28. The van der Waals surface area contributed by atoms with Crippen LogP contribution in [-0.4, -0.2) is 34.5 Å². The molecule has 0 spiro atoms. The molecule has 8 heteroatoms. The van der Waals surface area contributed by atoms with Gasteiger partial charge in [-0.2, -0.15) is 0 Å². The highest BCUT2D eigenvalue weighted by Gasteiger charge is 2.30. The van der Waals surface area contributed by atoms with Crippen LogP contribution in [0.2, 0.25) is 0 Å². The molecule has 0 aliphatic heterocycles. The summed E-state index contributed by atoms with van der Waals surface area (Å²) in [5.41, 5.74) is 1.50. The molecule has 0 unspecified atom stereocenters. The fourth-order valence-electron chi connectivity index (χ4n) is 1.53. The van der Waals surface area contributed by atoms with Crippen LogP contribution >= 0.6 is 58.0 Å². The second kappa shape index (κ2) is 8.40. The lowest BCUT2D eigenvalue weighted by Crippen LogP contribution is -2.28. The molecule has 0 bridgehead atoms.